The van der Waals surface area contributed by atoms with E-state index in [-0.39, 0.29) is 23.6 Å². The van der Waals surface area contributed by atoms with E-state index in [1.165, 1.54) is 7.11 Å². The Morgan fingerprint density at radius 2 is 1.79 bits per heavy atom. The van der Waals surface area contributed by atoms with E-state index >= 15 is 0 Å². The van der Waals surface area contributed by atoms with Crippen LogP contribution in [0.4, 0.5) is 5.69 Å². The highest BCUT2D eigenvalue weighted by Crippen LogP contribution is 2.21. The molecule has 0 heterocycles. The zero-order valence-corrected chi connectivity index (χ0v) is 18.7. The normalized spacial score (nSPS) is 13.6. The van der Waals surface area contributed by atoms with E-state index in [4.69, 9.17) is 10.6 Å². The number of carbonyl (C=O) groups is 2. The first-order valence-electron chi connectivity index (χ1n) is 10.9. The third-order valence-corrected chi connectivity index (χ3v) is 5.05. The fourth-order valence-corrected chi connectivity index (χ4v) is 3.17. The number of hydrazine groups is 1. The number of nitrogens with one attached hydrogen (secondary N) is 4. The summed E-state index contributed by atoms with van der Waals surface area (Å²) in [5.74, 6) is 5.13. The van der Waals surface area contributed by atoms with Gasteiger partial charge in [0.15, 0.2) is 0 Å². The minimum absolute atomic E-state index is 0.204. The molecule has 2 aromatic rings. The Balaban J connectivity index is 1.64. The molecule has 1 aliphatic carbocycles. The van der Waals surface area contributed by atoms with Gasteiger partial charge in [0.2, 0.25) is 0 Å². The molecule has 0 unspecified atom stereocenters. The third-order valence-electron chi connectivity index (χ3n) is 5.05. The monoisotopic (exact) mass is 453 g/mol. The lowest BCUT2D eigenvalue weighted by molar-refractivity contribution is -0.118. The first-order valence-corrected chi connectivity index (χ1v) is 10.9. The molecule has 0 aromatic heterocycles. The van der Waals surface area contributed by atoms with E-state index in [0.29, 0.717) is 37.3 Å². The quantitative estimate of drug-likeness (QED) is 0.136. The highest BCUT2D eigenvalue weighted by molar-refractivity contribution is 5.95. The minimum atomic E-state index is -0.344. The van der Waals surface area contributed by atoms with Crippen molar-refractivity contribution >= 4 is 17.5 Å². The average Bonchev–Trinajstić information content (AvgIpc) is 3.64. The summed E-state index contributed by atoms with van der Waals surface area (Å²) in [6.07, 6.45) is 3.18. The van der Waals surface area contributed by atoms with E-state index < -0.39 is 0 Å². The van der Waals surface area contributed by atoms with Gasteiger partial charge in [0, 0.05) is 29.6 Å². The molecule has 1 fully saturated rings. The number of ether oxygens (including phenoxy) is 1. The number of amides is 2. The number of hydroxylamine groups is 1. The molecule has 33 heavy (non-hydrogen) atoms. The second-order valence-electron chi connectivity index (χ2n) is 7.73. The first kappa shape index (κ1) is 24.2. The van der Waals surface area contributed by atoms with E-state index in [2.05, 4.69) is 26.4 Å². The summed E-state index contributed by atoms with van der Waals surface area (Å²) in [5, 5.41) is 6.22. The predicted octanol–water partition coefficient (Wildman–Crippen LogP) is 2.34. The van der Waals surface area contributed by atoms with E-state index in [9.17, 15) is 9.59 Å². The second kappa shape index (κ2) is 12.6. The van der Waals surface area contributed by atoms with Crippen LogP contribution in [0.2, 0.25) is 0 Å². The number of nitrogens with two attached hydrogens (primary N) is 1. The number of hydrogen-bond donors (Lipinski definition) is 5. The average molecular weight is 454 g/mol. The molecule has 0 spiro atoms. The number of hydrogen-bond acceptors (Lipinski definition) is 7. The standard InChI is InChI=1S/C24H31N5O4/c1-32-29-23(30)18-9-11-19(12-10-18)26-21(22(28-25)24(31)27-20-13-14-20)8-5-15-33-16-17-6-3-2-4-7-17/h2-4,6-7,9-12,20,26,28H,5,8,13-16,25H2,1H3,(H,27,31)(H,29,30)/b22-21-. The Kier molecular flexibility index (Phi) is 9.25. The van der Waals surface area contributed by atoms with Crippen molar-refractivity contribution in [2.75, 3.05) is 19.0 Å². The van der Waals surface area contributed by atoms with Crippen LogP contribution in [0.1, 0.15) is 41.6 Å². The smallest absolute Gasteiger partial charge is 0.274 e. The zero-order chi connectivity index (χ0) is 23.5. The molecule has 2 aromatic carbocycles. The molecule has 176 valence electrons. The lowest BCUT2D eigenvalue weighted by Gasteiger charge is -2.17. The van der Waals surface area contributed by atoms with Gasteiger partial charge in [-0.05, 0) is 55.5 Å². The Morgan fingerprint density at radius 3 is 2.42 bits per heavy atom. The molecule has 3 rings (SSSR count). The Labute approximate surface area is 193 Å². The summed E-state index contributed by atoms with van der Waals surface area (Å²) >= 11 is 0. The number of rotatable bonds is 13. The lowest BCUT2D eigenvalue weighted by Crippen LogP contribution is -2.38. The summed E-state index contributed by atoms with van der Waals surface area (Å²) in [6.45, 7) is 1.06. The zero-order valence-electron chi connectivity index (χ0n) is 18.7. The maximum atomic E-state index is 12.7. The minimum Gasteiger partial charge on any atom is -0.377 e. The van der Waals surface area contributed by atoms with Gasteiger partial charge in [-0.15, -0.1) is 0 Å². The van der Waals surface area contributed by atoms with Crippen LogP contribution in [-0.4, -0.2) is 31.6 Å². The SMILES string of the molecule is CONC(=O)c1ccc(N/C(CCCOCc2ccccc2)=C(\NN)C(=O)NC2CC2)cc1. The van der Waals surface area contributed by atoms with Crippen molar-refractivity contribution < 1.29 is 19.2 Å². The third kappa shape index (κ3) is 7.90. The van der Waals surface area contributed by atoms with Crippen LogP contribution in [0.3, 0.4) is 0 Å². The highest BCUT2D eigenvalue weighted by atomic mass is 16.6. The molecule has 0 saturated heterocycles. The fraction of sp³-hybridized carbons (Fsp3) is 0.333. The second-order valence-corrected chi connectivity index (χ2v) is 7.73. The van der Waals surface area contributed by atoms with Crippen molar-refractivity contribution in [3.05, 3.63) is 77.1 Å². The van der Waals surface area contributed by atoms with Crippen LogP contribution in [-0.2, 0) is 21.0 Å². The molecule has 0 radical (unpaired) electrons. The van der Waals surface area contributed by atoms with Crippen molar-refractivity contribution in [2.24, 2.45) is 5.84 Å². The van der Waals surface area contributed by atoms with Gasteiger partial charge in [0.25, 0.3) is 11.8 Å². The van der Waals surface area contributed by atoms with Gasteiger partial charge in [-0.2, -0.15) is 0 Å². The van der Waals surface area contributed by atoms with Crippen LogP contribution < -0.4 is 27.4 Å². The van der Waals surface area contributed by atoms with Gasteiger partial charge in [-0.3, -0.25) is 20.3 Å². The molecular formula is C24H31N5O4. The molecule has 0 atom stereocenters. The topological polar surface area (TPSA) is 127 Å². The van der Waals surface area contributed by atoms with Gasteiger partial charge < -0.3 is 20.8 Å². The van der Waals surface area contributed by atoms with Crippen LogP contribution in [0.15, 0.2) is 66.0 Å². The van der Waals surface area contributed by atoms with Crippen LogP contribution in [0.5, 0.6) is 0 Å². The summed E-state index contributed by atoms with van der Waals surface area (Å²) in [7, 11) is 1.38. The Morgan fingerprint density at radius 1 is 1.06 bits per heavy atom. The van der Waals surface area contributed by atoms with Gasteiger partial charge in [0.05, 0.1) is 13.7 Å². The number of anilines is 1. The van der Waals surface area contributed by atoms with Crippen molar-refractivity contribution in [3.63, 3.8) is 0 Å². The van der Waals surface area contributed by atoms with Crippen molar-refractivity contribution in [2.45, 2.75) is 38.3 Å². The summed E-state index contributed by atoms with van der Waals surface area (Å²) in [5.41, 5.74) is 8.04. The van der Waals surface area contributed by atoms with Gasteiger partial charge >= 0.3 is 0 Å². The summed E-state index contributed by atoms with van der Waals surface area (Å²) < 4.78 is 5.77. The largest absolute Gasteiger partial charge is 0.377 e. The predicted molar refractivity (Wildman–Crippen MR) is 125 cm³/mol. The van der Waals surface area contributed by atoms with Crippen LogP contribution in [0, 0.1) is 0 Å². The first-order chi connectivity index (χ1) is 16.1. The maximum Gasteiger partial charge on any atom is 0.274 e. The summed E-state index contributed by atoms with van der Waals surface area (Å²) in [6, 6.07) is 17.0. The molecule has 6 N–H and O–H groups in total. The van der Waals surface area contributed by atoms with E-state index in [1.807, 2.05) is 30.3 Å². The summed E-state index contributed by atoms with van der Waals surface area (Å²) in [4.78, 5) is 29.2. The fourth-order valence-electron chi connectivity index (χ4n) is 3.17. The van der Waals surface area contributed by atoms with Gasteiger partial charge in [-0.1, -0.05) is 30.3 Å². The Hall–Kier alpha value is -3.40. The molecule has 0 bridgehead atoms. The number of carbonyl (C=O) groups excluding carboxylic acids is 2. The molecular weight excluding hydrogens is 422 g/mol. The van der Waals surface area contributed by atoms with Crippen LogP contribution >= 0.6 is 0 Å². The number of benzene rings is 2. The van der Waals surface area contributed by atoms with Crippen molar-refractivity contribution in [1.29, 1.82) is 0 Å². The molecule has 0 aliphatic heterocycles. The van der Waals surface area contributed by atoms with Gasteiger partial charge in [-0.25, -0.2) is 5.48 Å². The maximum absolute atomic E-state index is 12.7. The lowest BCUT2D eigenvalue weighted by atomic mass is 10.1. The van der Waals surface area contributed by atoms with Crippen molar-refractivity contribution in [3.8, 4) is 0 Å². The van der Waals surface area contributed by atoms with E-state index in [0.717, 1.165) is 24.1 Å². The molecule has 9 nitrogen and oxygen atoms in total. The van der Waals surface area contributed by atoms with Crippen molar-refractivity contribution in [1.82, 2.24) is 16.2 Å². The Bertz CT molecular complexity index is 943. The molecule has 2 amide bonds. The number of allylic oxidation sites excluding steroid dienone is 1. The van der Waals surface area contributed by atoms with E-state index in [1.54, 1.807) is 24.3 Å². The molecule has 1 saturated carbocycles. The highest BCUT2D eigenvalue weighted by Gasteiger charge is 2.26. The van der Waals surface area contributed by atoms with Crippen LogP contribution in [0.25, 0.3) is 0 Å². The van der Waals surface area contributed by atoms with Gasteiger partial charge in [0.1, 0.15) is 5.70 Å². The molecule has 9 heteroatoms. The molecule has 1 aliphatic rings.